The van der Waals surface area contributed by atoms with E-state index in [0.717, 1.165) is 10.6 Å². The third-order valence-corrected chi connectivity index (χ3v) is 2.61. The van der Waals surface area contributed by atoms with Crippen LogP contribution >= 0.6 is 11.8 Å². The first kappa shape index (κ1) is 10.7. The van der Waals surface area contributed by atoms with E-state index in [1.165, 1.54) is 11.8 Å². The van der Waals surface area contributed by atoms with E-state index in [1.807, 2.05) is 24.3 Å². The molecule has 0 radical (unpaired) electrons. The highest BCUT2D eigenvalue weighted by Crippen LogP contribution is 2.29. The van der Waals surface area contributed by atoms with Gasteiger partial charge < -0.3 is 9.84 Å². The lowest BCUT2D eigenvalue weighted by molar-refractivity contribution is 0.414. The van der Waals surface area contributed by atoms with E-state index < -0.39 is 0 Å². The van der Waals surface area contributed by atoms with Crippen molar-refractivity contribution in [2.75, 3.05) is 7.11 Å². The van der Waals surface area contributed by atoms with Crippen LogP contribution in [0.15, 0.2) is 53.0 Å². The van der Waals surface area contributed by atoms with Gasteiger partial charge in [-0.05, 0) is 24.3 Å². The van der Waals surface area contributed by atoms with Crippen molar-refractivity contribution in [2.45, 2.75) is 4.90 Å². The summed E-state index contributed by atoms with van der Waals surface area (Å²) in [5, 5.41) is 9.04. The molecule has 0 aliphatic rings. The second-order valence-electron chi connectivity index (χ2n) is 2.65. The molecule has 0 amide bonds. The van der Waals surface area contributed by atoms with E-state index in [1.54, 1.807) is 7.11 Å². The molecule has 1 aromatic rings. The molecule has 0 atom stereocenters. The van der Waals surface area contributed by atoms with Crippen LogP contribution in [0.2, 0.25) is 0 Å². The number of benzene rings is 1. The summed E-state index contributed by atoms with van der Waals surface area (Å²) in [4.78, 5) is 1.54. The van der Waals surface area contributed by atoms with Crippen LogP contribution in [0.3, 0.4) is 0 Å². The number of rotatable bonds is 4. The van der Waals surface area contributed by atoms with E-state index in [0.29, 0.717) is 4.91 Å². The van der Waals surface area contributed by atoms with Gasteiger partial charge in [0.25, 0.3) is 0 Å². The zero-order valence-corrected chi connectivity index (χ0v) is 8.80. The summed E-state index contributed by atoms with van der Waals surface area (Å²) in [6, 6.07) is 7.51. The fourth-order valence-corrected chi connectivity index (χ4v) is 1.52. The second kappa shape index (κ2) is 4.77. The highest BCUT2D eigenvalue weighted by Gasteiger charge is 2.00. The molecule has 0 aliphatic carbocycles. The Bertz CT molecular complexity index is 341. The van der Waals surface area contributed by atoms with Gasteiger partial charge in [0.2, 0.25) is 0 Å². The first-order valence-electron chi connectivity index (χ1n) is 4.02. The summed E-state index contributed by atoms with van der Waals surface area (Å²) in [5.41, 5.74) is 0. The molecular weight excluding hydrogens is 196 g/mol. The smallest absolute Gasteiger partial charge is 0.121 e. The SMILES string of the molecule is C=C(O)C(=C)Sc1ccc(OC)cc1. The largest absolute Gasteiger partial charge is 0.507 e. The Morgan fingerprint density at radius 3 is 2.29 bits per heavy atom. The van der Waals surface area contributed by atoms with Crippen molar-refractivity contribution in [2.24, 2.45) is 0 Å². The Balaban J connectivity index is 2.69. The number of hydrogen-bond acceptors (Lipinski definition) is 3. The number of hydrogen-bond donors (Lipinski definition) is 1. The van der Waals surface area contributed by atoms with Gasteiger partial charge in [-0.2, -0.15) is 0 Å². The van der Waals surface area contributed by atoms with Crippen LogP contribution in [0.1, 0.15) is 0 Å². The summed E-state index contributed by atoms with van der Waals surface area (Å²) in [6.45, 7) is 7.07. The quantitative estimate of drug-likeness (QED) is 0.467. The van der Waals surface area contributed by atoms with Crippen molar-refractivity contribution in [3.63, 3.8) is 0 Å². The molecule has 1 rings (SSSR count). The van der Waals surface area contributed by atoms with Crippen molar-refractivity contribution in [1.29, 1.82) is 0 Å². The van der Waals surface area contributed by atoms with Gasteiger partial charge in [-0.1, -0.05) is 24.9 Å². The summed E-state index contributed by atoms with van der Waals surface area (Å²) in [7, 11) is 1.62. The monoisotopic (exact) mass is 208 g/mol. The Morgan fingerprint density at radius 2 is 1.86 bits per heavy atom. The summed E-state index contributed by atoms with van der Waals surface area (Å²) in [5.74, 6) is 0.814. The molecule has 14 heavy (non-hydrogen) atoms. The number of ether oxygens (including phenoxy) is 1. The van der Waals surface area contributed by atoms with Crippen molar-refractivity contribution >= 4 is 11.8 Å². The van der Waals surface area contributed by atoms with Gasteiger partial charge in [0.05, 0.1) is 7.11 Å². The lowest BCUT2D eigenvalue weighted by Crippen LogP contribution is -1.82. The third-order valence-electron chi connectivity index (χ3n) is 1.62. The van der Waals surface area contributed by atoms with E-state index in [9.17, 15) is 0 Å². The topological polar surface area (TPSA) is 29.5 Å². The average molecular weight is 208 g/mol. The molecule has 0 heterocycles. The Kier molecular flexibility index (Phi) is 3.65. The minimum Gasteiger partial charge on any atom is -0.507 e. The number of methoxy groups -OCH3 is 1. The highest BCUT2D eigenvalue weighted by atomic mass is 32.2. The molecule has 0 unspecified atom stereocenters. The molecule has 0 saturated heterocycles. The van der Waals surface area contributed by atoms with Crippen LogP contribution in [0.5, 0.6) is 5.75 Å². The van der Waals surface area contributed by atoms with E-state index in [-0.39, 0.29) is 5.76 Å². The third kappa shape index (κ3) is 2.85. The number of aliphatic hydroxyl groups is 1. The Labute approximate surface area is 87.9 Å². The first-order valence-corrected chi connectivity index (χ1v) is 4.84. The lowest BCUT2D eigenvalue weighted by atomic mass is 10.3. The van der Waals surface area contributed by atoms with Gasteiger partial charge in [0.1, 0.15) is 11.5 Å². The molecule has 1 N–H and O–H groups in total. The molecule has 0 aromatic heterocycles. The van der Waals surface area contributed by atoms with Crippen LogP contribution in [0.4, 0.5) is 0 Å². The van der Waals surface area contributed by atoms with Gasteiger partial charge >= 0.3 is 0 Å². The summed E-state index contributed by atoms with van der Waals surface area (Å²) >= 11 is 1.37. The molecule has 0 bridgehead atoms. The van der Waals surface area contributed by atoms with E-state index in [4.69, 9.17) is 9.84 Å². The van der Waals surface area contributed by atoms with Crippen molar-refractivity contribution < 1.29 is 9.84 Å². The number of thioether (sulfide) groups is 1. The minimum atomic E-state index is 0.00539. The van der Waals surface area contributed by atoms with E-state index in [2.05, 4.69) is 13.2 Å². The molecule has 0 saturated carbocycles. The van der Waals surface area contributed by atoms with Crippen molar-refractivity contribution in [3.8, 4) is 5.75 Å². The molecule has 2 nitrogen and oxygen atoms in total. The van der Waals surface area contributed by atoms with Gasteiger partial charge in [-0.25, -0.2) is 0 Å². The van der Waals surface area contributed by atoms with Crippen molar-refractivity contribution in [3.05, 3.63) is 48.1 Å². The van der Waals surface area contributed by atoms with Gasteiger partial charge in [-0.3, -0.25) is 0 Å². The fraction of sp³-hybridized carbons (Fsp3) is 0.0909. The predicted molar refractivity (Wildman–Crippen MR) is 59.8 cm³/mol. The second-order valence-corrected chi connectivity index (χ2v) is 3.82. The predicted octanol–water partition coefficient (Wildman–Crippen LogP) is 3.37. The van der Waals surface area contributed by atoms with Crippen molar-refractivity contribution in [1.82, 2.24) is 0 Å². The van der Waals surface area contributed by atoms with Crippen LogP contribution in [0.25, 0.3) is 0 Å². The van der Waals surface area contributed by atoms with Crippen LogP contribution in [0, 0.1) is 0 Å². The molecular formula is C11H12O2S. The zero-order chi connectivity index (χ0) is 10.6. The maximum absolute atomic E-state index is 9.04. The minimum absolute atomic E-state index is 0.00539. The molecule has 0 fully saturated rings. The zero-order valence-electron chi connectivity index (χ0n) is 7.99. The fourth-order valence-electron chi connectivity index (χ4n) is 0.845. The standard InChI is InChI=1S/C11H12O2S/c1-8(12)9(2)14-11-6-4-10(13-3)5-7-11/h4-7,12H,1-2H2,3H3. The van der Waals surface area contributed by atoms with Gasteiger partial charge in [0, 0.05) is 9.80 Å². The Hall–Kier alpha value is -1.35. The first-order chi connectivity index (χ1) is 6.63. The molecule has 74 valence electrons. The van der Waals surface area contributed by atoms with Gasteiger partial charge in [0.15, 0.2) is 0 Å². The molecule has 0 spiro atoms. The summed E-state index contributed by atoms with van der Waals surface area (Å²) in [6.07, 6.45) is 0. The normalized spacial score (nSPS) is 9.50. The molecule has 3 heteroatoms. The van der Waals surface area contributed by atoms with Crippen LogP contribution in [-0.4, -0.2) is 12.2 Å². The van der Waals surface area contributed by atoms with Crippen LogP contribution in [-0.2, 0) is 0 Å². The Morgan fingerprint density at radius 1 is 1.29 bits per heavy atom. The highest BCUT2D eigenvalue weighted by molar-refractivity contribution is 8.03. The van der Waals surface area contributed by atoms with Crippen LogP contribution < -0.4 is 4.74 Å². The average Bonchev–Trinajstić information content (AvgIpc) is 2.19. The molecule has 0 aliphatic heterocycles. The van der Waals surface area contributed by atoms with E-state index >= 15 is 0 Å². The maximum atomic E-state index is 9.04. The number of aliphatic hydroxyl groups excluding tert-OH is 1. The lowest BCUT2D eigenvalue weighted by Gasteiger charge is -2.04. The van der Waals surface area contributed by atoms with Gasteiger partial charge in [-0.15, -0.1) is 0 Å². The molecule has 1 aromatic carbocycles. The maximum Gasteiger partial charge on any atom is 0.121 e. The summed E-state index contributed by atoms with van der Waals surface area (Å²) < 4.78 is 5.02.